The summed E-state index contributed by atoms with van der Waals surface area (Å²) in [7, 11) is 0. The van der Waals surface area contributed by atoms with Gasteiger partial charge in [-0.05, 0) is 36.8 Å². The Hall–Kier alpha value is -1.19. The van der Waals surface area contributed by atoms with Crippen molar-refractivity contribution in [3.8, 4) is 0 Å². The zero-order valence-electron chi connectivity index (χ0n) is 11.8. The molecule has 21 heavy (non-hydrogen) atoms. The van der Waals surface area contributed by atoms with Crippen LogP contribution in [0.5, 0.6) is 0 Å². The van der Waals surface area contributed by atoms with Crippen molar-refractivity contribution in [3.05, 3.63) is 41.4 Å². The zero-order chi connectivity index (χ0) is 14.7. The Kier molecular flexibility index (Phi) is 4.71. The van der Waals surface area contributed by atoms with Gasteiger partial charge in [0.05, 0.1) is 5.75 Å². The number of fused-ring (bicyclic) bond motifs is 1. The van der Waals surface area contributed by atoms with Crippen LogP contribution in [0.2, 0.25) is 5.02 Å². The molecule has 1 saturated heterocycles. The molecule has 3 rings (SSSR count). The van der Waals surface area contributed by atoms with Crippen LogP contribution in [-0.4, -0.2) is 29.6 Å². The molecule has 0 saturated carbocycles. The van der Waals surface area contributed by atoms with Gasteiger partial charge >= 0.3 is 0 Å². The highest BCUT2D eigenvalue weighted by Gasteiger charge is 2.17. The van der Waals surface area contributed by atoms with E-state index in [4.69, 9.17) is 11.6 Å². The molecule has 0 N–H and O–H groups in total. The van der Waals surface area contributed by atoms with Crippen LogP contribution < -0.4 is 0 Å². The summed E-state index contributed by atoms with van der Waals surface area (Å²) in [6.07, 6.45) is 3.52. The smallest absolute Gasteiger partial charge is 0.232 e. The van der Waals surface area contributed by atoms with Crippen molar-refractivity contribution in [2.75, 3.05) is 18.8 Å². The second-order valence-corrected chi connectivity index (χ2v) is 6.75. The van der Waals surface area contributed by atoms with Crippen LogP contribution in [-0.2, 0) is 4.79 Å². The van der Waals surface area contributed by atoms with Crippen LogP contribution in [0.1, 0.15) is 19.3 Å². The lowest BCUT2D eigenvalue weighted by atomic mass is 10.1. The molecular formula is C17H18ClNOS. The first-order valence-corrected chi connectivity index (χ1v) is 8.70. The van der Waals surface area contributed by atoms with Gasteiger partial charge in [0.15, 0.2) is 0 Å². The molecule has 0 aromatic heterocycles. The van der Waals surface area contributed by atoms with Crippen molar-refractivity contribution in [1.29, 1.82) is 0 Å². The Balaban J connectivity index is 1.74. The standard InChI is InChI=1S/C17H18ClNOS/c18-14-8-4-6-13-7-5-9-15(17(13)14)21-12-16(20)19-10-2-1-3-11-19/h4-9H,1-3,10-12H2. The fourth-order valence-corrected chi connectivity index (χ4v) is 4.10. The minimum Gasteiger partial charge on any atom is -0.342 e. The quantitative estimate of drug-likeness (QED) is 0.771. The summed E-state index contributed by atoms with van der Waals surface area (Å²) in [5, 5.41) is 2.93. The maximum absolute atomic E-state index is 12.3. The summed E-state index contributed by atoms with van der Waals surface area (Å²) in [5.41, 5.74) is 0. The molecule has 2 aromatic carbocycles. The Morgan fingerprint density at radius 3 is 2.57 bits per heavy atom. The SMILES string of the molecule is O=C(CSc1cccc2cccc(Cl)c12)N1CCCCC1. The molecule has 0 radical (unpaired) electrons. The van der Waals surface area contributed by atoms with E-state index in [9.17, 15) is 4.79 Å². The maximum Gasteiger partial charge on any atom is 0.232 e. The fraction of sp³-hybridized carbons (Fsp3) is 0.353. The van der Waals surface area contributed by atoms with Crippen molar-refractivity contribution in [2.45, 2.75) is 24.2 Å². The van der Waals surface area contributed by atoms with Crippen LogP contribution in [0.25, 0.3) is 10.8 Å². The normalized spacial score (nSPS) is 15.4. The number of carbonyl (C=O) groups excluding carboxylic acids is 1. The molecule has 2 nitrogen and oxygen atoms in total. The number of hydrogen-bond acceptors (Lipinski definition) is 2. The molecule has 0 aliphatic carbocycles. The van der Waals surface area contributed by atoms with Gasteiger partial charge in [0.2, 0.25) is 5.91 Å². The monoisotopic (exact) mass is 319 g/mol. The van der Waals surface area contributed by atoms with Gasteiger partial charge in [0.25, 0.3) is 0 Å². The highest BCUT2D eigenvalue weighted by atomic mass is 35.5. The first kappa shape index (κ1) is 14.7. The molecule has 4 heteroatoms. The van der Waals surface area contributed by atoms with E-state index in [0.29, 0.717) is 5.75 Å². The van der Waals surface area contributed by atoms with E-state index in [1.807, 2.05) is 29.2 Å². The lowest BCUT2D eigenvalue weighted by Crippen LogP contribution is -2.36. The molecule has 1 aliphatic rings. The van der Waals surface area contributed by atoms with Crippen molar-refractivity contribution >= 4 is 40.0 Å². The summed E-state index contributed by atoms with van der Waals surface area (Å²) >= 11 is 7.91. The topological polar surface area (TPSA) is 20.3 Å². The maximum atomic E-state index is 12.3. The molecule has 2 aromatic rings. The molecule has 1 aliphatic heterocycles. The molecule has 1 heterocycles. The number of halogens is 1. The second-order valence-electron chi connectivity index (χ2n) is 5.32. The van der Waals surface area contributed by atoms with Crippen LogP contribution in [0.3, 0.4) is 0 Å². The minimum atomic E-state index is 0.240. The van der Waals surface area contributed by atoms with E-state index in [1.165, 1.54) is 6.42 Å². The second kappa shape index (κ2) is 6.71. The first-order valence-electron chi connectivity index (χ1n) is 7.33. The third kappa shape index (κ3) is 3.35. The average molecular weight is 320 g/mol. The molecule has 0 spiro atoms. The van der Waals surface area contributed by atoms with E-state index in [0.717, 1.165) is 46.6 Å². The number of rotatable bonds is 3. The minimum absolute atomic E-state index is 0.240. The van der Waals surface area contributed by atoms with Gasteiger partial charge in [-0.3, -0.25) is 4.79 Å². The van der Waals surface area contributed by atoms with Crippen molar-refractivity contribution in [1.82, 2.24) is 4.90 Å². The number of thioether (sulfide) groups is 1. The largest absolute Gasteiger partial charge is 0.342 e. The average Bonchev–Trinajstić information content (AvgIpc) is 2.53. The number of benzene rings is 2. The van der Waals surface area contributed by atoms with E-state index in [2.05, 4.69) is 12.1 Å². The summed E-state index contributed by atoms with van der Waals surface area (Å²) in [5.74, 6) is 0.730. The molecule has 0 unspecified atom stereocenters. The first-order chi connectivity index (χ1) is 10.3. The lowest BCUT2D eigenvalue weighted by molar-refractivity contribution is -0.129. The third-order valence-corrected chi connectivity index (χ3v) is 5.23. The highest BCUT2D eigenvalue weighted by Crippen LogP contribution is 2.33. The summed E-state index contributed by atoms with van der Waals surface area (Å²) in [6, 6.07) is 12.0. The third-order valence-electron chi connectivity index (χ3n) is 3.88. The van der Waals surface area contributed by atoms with Crippen LogP contribution in [0.4, 0.5) is 0 Å². The molecule has 1 amide bonds. The number of amides is 1. The number of likely N-dealkylation sites (tertiary alicyclic amines) is 1. The van der Waals surface area contributed by atoms with Gasteiger partial charge in [0.1, 0.15) is 0 Å². The summed E-state index contributed by atoms with van der Waals surface area (Å²) in [6.45, 7) is 1.82. The van der Waals surface area contributed by atoms with Gasteiger partial charge in [-0.1, -0.05) is 35.9 Å². The highest BCUT2D eigenvalue weighted by molar-refractivity contribution is 8.00. The Morgan fingerprint density at radius 2 is 1.81 bits per heavy atom. The van der Waals surface area contributed by atoms with Crippen molar-refractivity contribution in [3.63, 3.8) is 0 Å². The predicted molar refractivity (Wildman–Crippen MR) is 90.1 cm³/mol. The molecule has 110 valence electrons. The summed E-state index contributed by atoms with van der Waals surface area (Å²) < 4.78 is 0. The zero-order valence-corrected chi connectivity index (χ0v) is 13.4. The van der Waals surface area contributed by atoms with Gasteiger partial charge in [-0.2, -0.15) is 0 Å². The van der Waals surface area contributed by atoms with Crippen LogP contribution >= 0.6 is 23.4 Å². The molecule has 0 atom stereocenters. The van der Waals surface area contributed by atoms with Gasteiger partial charge < -0.3 is 4.90 Å². The number of hydrogen-bond donors (Lipinski definition) is 0. The van der Waals surface area contributed by atoms with E-state index < -0.39 is 0 Å². The van der Waals surface area contributed by atoms with Gasteiger partial charge in [0, 0.05) is 28.4 Å². The molecule has 1 fully saturated rings. The summed E-state index contributed by atoms with van der Waals surface area (Å²) in [4.78, 5) is 15.3. The van der Waals surface area contributed by atoms with Crippen LogP contribution in [0.15, 0.2) is 41.3 Å². The Labute approximate surface area is 134 Å². The van der Waals surface area contributed by atoms with Gasteiger partial charge in [-0.15, -0.1) is 11.8 Å². The van der Waals surface area contributed by atoms with Crippen molar-refractivity contribution < 1.29 is 4.79 Å². The van der Waals surface area contributed by atoms with E-state index in [-0.39, 0.29) is 5.91 Å². The Morgan fingerprint density at radius 1 is 1.10 bits per heavy atom. The molecule has 0 bridgehead atoms. The van der Waals surface area contributed by atoms with E-state index in [1.54, 1.807) is 11.8 Å². The van der Waals surface area contributed by atoms with Gasteiger partial charge in [-0.25, -0.2) is 0 Å². The van der Waals surface area contributed by atoms with E-state index >= 15 is 0 Å². The number of piperidine rings is 1. The van der Waals surface area contributed by atoms with Crippen LogP contribution in [0, 0.1) is 0 Å². The number of nitrogens with zero attached hydrogens (tertiary/aromatic N) is 1. The molecular weight excluding hydrogens is 302 g/mol. The predicted octanol–water partition coefficient (Wildman–Crippen LogP) is 4.60. The number of carbonyl (C=O) groups is 1. The lowest BCUT2D eigenvalue weighted by Gasteiger charge is -2.26. The Bertz CT molecular complexity index is 647. The van der Waals surface area contributed by atoms with Crippen molar-refractivity contribution in [2.24, 2.45) is 0 Å². The fourth-order valence-electron chi connectivity index (χ4n) is 2.76.